The van der Waals surface area contributed by atoms with Crippen LogP contribution in [0, 0.1) is 5.92 Å². The summed E-state index contributed by atoms with van der Waals surface area (Å²) in [6.07, 6.45) is 2.46. The highest BCUT2D eigenvalue weighted by Gasteiger charge is 2.28. The van der Waals surface area contributed by atoms with E-state index in [0.717, 1.165) is 0 Å². The summed E-state index contributed by atoms with van der Waals surface area (Å²) in [5.41, 5.74) is 2.03. The molecular weight excluding hydrogens is 130 g/mol. The zero-order valence-electron chi connectivity index (χ0n) is 6.05. The Morgan fingerprint density at radius 3 is 2.70 bits per heavy atom. The third kappa shape index (κ3) is 1.88. The van der Waals surface area contributed by atoms with Crippen LogP contribution in [0.25, 0.3) is 0 Å². The van der Waals surface area contributed by atoms with E-state index in [1.54, 1.807) is 0 Å². The van der Waals surface area contributed by atoms with Gasteiger partial charge in [0.2, 0.25) is 0 Å². The Hall–Kier alpha value is -0.770. The molecule has 2 amide bonds. The molecule has 4 N–H and O–H groups in total. The van der Waals surface area contributed by atoms with Crippen LogP contribution in [0.3, 0.4) is 0 Å². The van der Waals surface area contributed by atoms with Gasteiger partial charge in [0.25, 0.3) is 0 Å². The predicted molar refractivity (Wildman–Crippen MR) is 38.0 cm³/mol. The molecule has 0 aromatic rings. The summed E-state index contributed by atoms with van der Waals surface area (Å²) in [6, 6.07) is -0.0250. The highest BCUT2D eigenvalue weighted by Crippen LogP contribution is 2.32. The standard InChI is InChI=1S/C6H13N3O/c1-4(5-2-3-5)8-6(10)9-7/h4-5H,2-3,7H2,1H3,(H2,8,9,10). The average molecular weight is 143 g/mol. The van der Waals surface area contributed by atoms with Crippen LogP contribution in [0.4, 0.5) is 4.79 Å². The van der Waals surface area contributed by atoms with Gasteiger partial charge in [-0.05, 0) is 25.7 Å². The van der Waals surface area contributed by atoms with Gasteiger partial charge in [-0.1, -0.05) is 0 Å². The van der Waals surface area contributed by atoms with Gasteiger partial charge in [-0.3, -0.25) is 5.43 Å². The minimum atomic E-state index is -0.292. The first kappa shape index (κ1) is 7.34. The van der Waals surface area contributed by atoms with E-state index in [-0.39, 0.29) is 12.1 Å². The lowest BCUT2D eigenvalue weighted by Crippen LogP contribution is -2.44. The number of amides is 2. The fourth-order valence-corrected chi connectivity index (χ4v) is 0.963. The molecule has 1 fully saturated rings. The van der Waals surface area contributed by atoms with E-state index in [1.165, 1.54) is 12.8 Å². The molecule has 0 radical (unpaired) electrons. The molecule has 58 valence electrons. The van der Waals surface area contributed by atoms with E-state index in [4.69, 9.17) is 5.84 Å². The molecule has 0 saturated heterocycles. The second-order valence-corrected chi connectivity index (χ2v) is 2.74. The van der Waals surface area contributed by atoms with Crippen LogP contribution in [-0.4, -0.2) is 12.1 Å². The summed E-state index contributed by atoms with van der Waals surface area (Å²) in [5.74, 6) is 5.56. The molecule has 1 rings (SSSR count). The van der Waals surface area contributed by atoms with E-state index in [1.807, 2.05) is 12.3 Å². The number of rotatable bonds is 2. The number of carbonyl (C=O) groups is 1. The van der Waals surface area contributed by atoms with Crippen molar-refractivity contribution in [1.82, 2.24) is 10.7 Å². The van der Waals surface area contributed by atoms with Gasteiger partial charge < -0.3 is 5.32 Å². The highest BCUT2D eigenvalue weighted by atomic mass is 16.2. The lowest BCUT2D eigenvalue weighted by molar-refractivity contribution is 0.236. The maximum atomic E-state index is 10.6. The molecule has 0 aromatic heterocycles. The van der Waals surface area contributed by atoms with E-state index in [2.05, 4.69) is 5.32 Å². The smallest absolute Gasteiger partial charge is 0.329 e. The number of hydrazine groups is 1. The largest absolute Gasteiger partial charge is 0.334 e. The van der Waals surface area contributed by atoms with Gasteiger partial charge in [-0.25, -0.2) is 10.6 Å². The number of hydrogen-bond donors (Lipinski definition) is 3. The Kier molecular flexibility index (Phi) is 2.11. The molecule has 0 bridgehead atoms. The summed E-state index contributed by atoms with van der Waals surface area (Å²) < 4.78 is 0. The van der Waals surface area contributed by atoms with E-state index >= 15 is 0 Å². The Bertz CT molecular complexity index is 133. The first-order valence-electron chi connectivity index (χ1n) is 3.51. The van der Waals surface area contributed by atoms with Crippen molar-refractivity contribution in [2.45, 2.75) is 25.8 Å². The van der Waals surface area contributed by atoms with Crippen molar-refractivity contribution >= 4 is 6.03 Å². The minimum Gasteiger partial charge on any atom is -0.334 e. The summed E-state index contributed by atoms with van der Waals surface area (Å²) in [6.45, 7) is 1.99. The van der Waals surface area contributed by atoms with Crippen LogP contribution in [0.2, 0.25) is 0 Å². The van der Waals surface area contributed by atoms with Crippen LogP contribution in [0.15, 0.2) is 0 Å². The fourth-order valence-electron chi connectivity index (χ4n) is 0.963. The Morgan fingerprint density at radius 2 is 2.30 bits per heavy atom. The quantitative estimate of drug-likeness (QED) is 0.288. The fraction of sp³-hybridized carbons (Fsp3) is 0.833. The number of nitrogens with two attached hydrogens (primary N) is 1. The van der Waals surface area contributed by atoms with Gasteiger partial charge >= 0.3 is 6.03 Å². The number of nitrogens with one attached hydrogen (secondary N) is 2. The molecule has 0 aliphatic heterocycles. The average Bonchev–Trinajstić information content (AvgIpc) is 2.68. The first-order valence-corrected chi connectivity index (χ1v) is 3.51. The molecule has 10 heavy (non-hydrogen) atoms. The molecule has 4 heteroatoms. The summed E-state index contributed by atoms with van der Waals surface area (Å²) >= 11 is 0. The Balaban J connectivity index is 2.16. The third-order valence-electron chi connectivity index (χ3n) is 1.82. The van der Waals surface area contributed by atoms with Crippen molar-refractivity contribution in [3.8, 4) is 0 Å². The number of urea groups is 1. The normalized spacial score (nSPS) is 19.8. The zero-order chi connectivity index (χ0) is 7.56. The lowest BCUT2D eigenvalue weighted by Gasteiger charge is -2.10. The van der Waals surface area contributed by atoms with Crippen LogP contribution in [-0.2, 0) is 0 Å². The molecule has 0 spiro atoms. The zero-order valence-corrected chi connectivity index (χ0v) is 6.05. The second kappa shape index (κ2) is 2.88. The molecule has 1 aliphatic carbocycles. The Labute approximate surface area is 60.1 Å². The van der Waals surface area contributed by atoms with E-state index in [0.29, 0.717) is 5.92 Å². The third-order valence-corrected chi connectivity index (χ3v) is 1.82. The van der Waals surface area contributed by atoms with Gasteiger partial charge in [-0.2, -0.15) is 0 Å². The van der Waals surface area contributed by atoms with Crippen LogP contribution >= 0.6 is 0 Å². The first-order chi connectivity index (χ1) is 4.74. The summed E-state index contributed by atoms with van der Waals surface area (Å²) in [7, 11) is 0. The second-order valence-electron chi connectivity index (χ2n) is 2.74. The van der Waals surface area contributed by atoms with Gasteiger partial charge in [0, 0.05) is 6.04 Å². The maximum absolute atomic E-state index is 10.6. The van der Waals surface area contributed by atoms with E-state index < -0.39 is 0 Å². The van der Waals surface area contributed by atoms with Crippen LogP contribution < -0.4 is 16.6 Å². The summed E-state index contributed by atoms with van der Waals surface area (Å²) in [5, 5.41) is 2.72. The van der Waals surface area contributed by atoms with Crippen LogP contribution in [0.5, 0.6) is 0 Å². The van der Waals surface area contributed by atoms with Gasteiger partial charge in [0.1, 0.15) is 0 Å². The monoisotopic (exact) mass is 143 g/mol. The topological polar surface area (TPSA) is 67.2 Å². The molecular formula is C6H13N3O. The SMILES string of the molecule is CC(NC(=O)NN)C1CC1. The van der Waals surface area contributed by atoms with Gasteiger partial charge in [0.05, 0.1) is 0 Å². The molecule has 1 atom stereocenters. The maximum Gasteiger partial charge on any atom is 0.329 e. The molecule has 0 heterocycles. The molecule has 0 aromatic carbocycles. The molecule has 1 aliphatic rings. The van der Waals surface area contributed by atoms with Crippen molar-refractivity contribution in [2.24, 2.45) is 11.8 Å². The molecule has 1 saturated carbocycles. The number of hydrogen-bond acceptors (Lipinski definition) is 2. The van der Waals surface area contributed by atoms with Crippen molar-refractivity contribution in [3.05, 3.63) is 0 Å². The predicted octanol–water partition coefficient (Wildman–Crippen LogP) is -0.0422. The van der Waals surface area contributed by atoms with Crippen molar-refractivity contribution in [3.63, 3.8) is 0 Å². The molecule has 4 nitrogen and oxygen atoms in total. The van der Waals surface area contributed by atoms with Gasteiger partial charge in [-0.15, -0.1) is 0 Å². The minimum absolute atomic E-state index is 0.267. The molecule has 1 unspecified atom stereocenters. The Morgan fingerprint density at radius 1 is 1.70 bits per heavy atom. The van der Waals surface area contributed by atoms with Crippen molar-refractivity contribution in [2.75, 3.05) is 0 Å². The van der Waals surface area contributed by atoms with E-state index in [9.17, 15) is 4.79 Å². The summed E-state index contributed by atoms with van der Waals surface area (Å²) in [4.78, 5) is 10.6. The number of carbonyl (C=O) groups excluding carboxylic acids is 1. The lowest BCUT2D eigenvalue weighted by atomic mass is 10.2. The highest BCUT2D eigenvalue weighted by molar-refractivity contribution is 5.73. The van der Waals surface area contributed by atoms with Crippen molar-refractivity contribution < 1.29 is 4.79 Å². The van der Waals surface area contributed by atoms with Crippen LogP contribution in [0.1, 0.15) is 19.8 Å². The van der Waals surface area contributed by atoms with Crippen molar-refractivity contribution in [1.29, 1.82) is 0 Å². The van der Waals surface area contributed by atoms with Gasteiger partial charge in [0.15, 0.2) is 0 Å².